The Morgan fingerprint density at radius 1 is 0.829 bits per heavy atom. The van der Waals surface area contributed by atoms with Gasteiger partial charge >= 0.3 is 6.16 Å². The molecule has 0 aromatic carbocycles. The van der Waals surface area contributed by atoms with Crippen molar-refractivity contribution >= 4 is 6.16 Å². The van der Waals surface area contributed by atoms with Gasteiger partial charge in [-0.25, -0.2) is 4.79 Å². The maximum Gasteiger partial charge on any atom is 0.508 e. The third kappa shape index (κ3) is 24.2. The summed E-state index contributed by atoms with van der Waals surface area (Å²) >= 11 is 0. The zero-order valence-corrected chi connectivity index (χ0v) is 23.7. The first kappa shape index (κ1) is 33.7. The summed E-state index contributed by atoms with van der Waals surface area (Å²) in [4.78, 5) is 14.3. The zero-order chi connectivity index (χ0) is 25.8. The lowest BCUT2D eigenvalue weighted by atomic mass is 10.0. The molecule has 0 saturated heterocycles. The highest BCUT2D eigenvalue weighted by Gasteiger charge is 2.14. The number of rotatable bonds is 25. The largest absolute Gasteiger partial charge is 0.508 e. The summed E-state index contributed by atoms with van der Waals surface area (Å²) in [6, 6.07) is 0. The monoisotopic (exact) mass is 494 g/mol. The Hall–Kier alpha value is -1.33. The second-order valence-corrected chi connectivity index (χ2v) is 9.41. The molecular formula is C30H58N2O3. The zero-order valence-electron chi connectivity index (χ0n) is 23.7. The van der Waals surface area contributed by atoms with Crippen LogP contribution < -0.4 is 5.32 Å². The number of hydrogen-bond acceptors (Lipinski definition) is 5. The Morgan fingerprint density at radius 2 is 1.49 bits per heavy atom. The minimum absolute atomic E-state index is 0.0237. The van der Waals surface area contributed by atoms with Crippen LogP contribution in [-0.2, 0) is 9.47 Å². The number of carbonyl (C=O) groups excluding carboxylic acids is 1. The lowest BCUT2D eigenvalue weighted by Gasteiger charge is -2.21. The van der Waals surface area contributed by atoms with Gasteiger partial charge in [0, 0.05) is 19.6 Å². The van der Waals surface area contributed by atoms with E-state index in [-0.39, 0.29) is 6.10 Å². The van der Waals surface area contributed by atoms with E-state index >= 15 is 0 Å². The van der Waals surface area contributed by atoms with Crippen LogP contribution in [0.15, 0.2) is 24.3 Å². The van der Waals surface area contributed by atoms with E-state index in [1.807, 2.05) is 0 Å². The predicted molar refractivity (Wildman–Crippen MR) is 151 cm³/mol. The van der Waals surface area contributed by atoms with Crippen LogP contribution in [-0.4, -0.2) is 56.5 Å². The first-order valence-electron chi connectivity index (χ1n) is 14.7. The highest BCUT2D eigenvalue weighted by molar-refractivity contribution is 5.60. The van der Waals surface area contributed by atoms with E-state index in [1.54, 1.807) is 0 Å². The minimum atomic E-state index is -0.514. The molecule has 1 atom stereocenters. The van der Waals surface area contributed by atoms with Crippen LogP contribution >= 0.6 is 0 Å². The highest BCUT2D eigenvalue weighted by Crippen LogP contribution is 2.14. The van der Waals surface area contributed by atoms with Crippen molar-refractivity contribution in [3.8, 4) is 0 Å². The number of hydrogen-bond donors (Lipinski definition) is 1. The van der Waals surface area contributed by atoms with Gasteiger partial charge in [0.25, 0.3) is 0 Å². The predicted octanol–water partition coefficient (Wildman–Crippen LogP) is 8.05. The number of carbonyl (C=O) groups is 1. The van der Waals surface area contributed by atoms with Crippen molar-refractivity contribution in [2.24, 2.45) is 0 Å². The third-order valence-corrected chi connectivity index (χ3v) is 6.37. The number of nitrogens with one attached hydrogen (secondary N) is 1. The second kappa shape index (κ2) is 27.3. The van der Waals surface area contributed by atoms with E-state index in [2.05, 4.69) is 62.2 Å². The Morgan fingerprint density at radius 3 is 2.11 bits per heavy atom. The van der Waals surface area contributed by atoms with Gasteiger partial charge in [-0.05, 0) is 64.5 Å². The molecule has 1 unspecified atom stereocenters. The summed E-state index contributed by atoms with van der Waals surface area (Å²) < 4.78 is 10.8. The molecule has 0 radical (unpaired) electrons. The van der Waals surface area contributed by atoms with Gasteiger partial charge in [-0.15, -0.1) is 0 Å². The Balaban J connectivity index is 3.65. The molecule has 0 rings (SSSR count). The fourth-order valence-electron chi connectivity index (χ4n) is 3.98. The second-order valence-electron chi connectivity index (χ2n) is 9.41. The molecule has 0 spiro atoms. The fourth-order valence-corrected chi connectivity index (χ4v) is 3.98. The molecule has 206 valence electrons. The normalized spacial score (nSPS) is 12.7. The summed E-state index contributed by atoms with van der Waals surface area (Å²) in [5, 5.41) is 3.32. The van der Waals surface area contributed by atoms with Crippen molar-refractivity contribution < 1.29 is 14.3 Å². The Kier molecular flexibility index (Phi) is 26.2. The summed E-state index contributed by atoms with van der Waals surface area (Å²) in [5.41, 5.74) is 0. The smallest absolute Gasteiger partial charge is 0.433 e. The number of nitrogens with zero attached hydrogens (tertiary/aromatic N) is 1. The van der Waals surface area contributed by atoms with E-state index < -0.39 is 6.16 Å². The average molecular weight is 495 g/mol. The van der Waals surface area contributed by atoms with Crippen LogP contribution in [0.4, 0.5) is 4.79 Å². The highest BCUT2D eigenvalue weighted by atomic mass is 16.7. The van der Waals surface area contributed by atoms with E-state index in [1.165, 1.54) is 64.2 Å². The van der Waals surface area contributed by atoms with Crippen molar-refractivity contribution in [2.75, 3.05) is 39.3 Å². The Labute approximate surface area is 218 Å². The van der Waals surface area contributed by atoms with Gasteiger partial charge in [0.05, 0.1) is 0 Å². The number of likely N-dealkylation sites (N-methyl/N-ethyl adjacent to an activating group) is 2. The van der Waals surface area contributed by atoms with Crippen LogP contribution in [0.25, 0.3) is 0 Å². The first-order valence-corrected chi connectivity index (χ1v) is 14.7. The van der Waals surface area contributed by atoms with Crippen molar-refractivity contribution in [2.45, 2.75) is 124 Å². The lowest BCUT2D eigenvalue weighted by Crippen LogP contribution is -2.34. The SMILES string of the molecule is CCCCC/C=C\C/C=C\CCCCCCCCC(CC)OC(=O)OCCN(CC)CCNCC. The summed E-state index contributed by atoms with van der Waals surface area (Å²) in [6.45, 7) is 13.6. The molecule has 0 aliphatic heterocycles. The molecular weight excluding hydrogens is 436 g/mol. The fraction of sp³-hybridized carbons (Fsp3) is 0.833. The summed E-state index contributed by atoms with van der Waals surface area (Å²) in [6.07, 6.45) is 25.5. The van der Waals surface area contributed by atoms with Crippen LogP contribution in [0, 0.1) is 0 Å². The van der Waals surface area contributed by atoms with Crippen LogP contribution in [0.3, 0.4) is 0 Å². The van der Waals surface area contributed by atoms with Crippen molar-refractivity contribution in [3.63, 3.8) is 0 Å². The molecule has 0 amide bonds. The first-order chi connectivity index (χ1) is 17.2. The van der Waals surface area contributed by atoms with Crippen LogP contribution in [0.2, 0.25) is 0 Å². The minimum Gasteiger partial charge on any atom is -0.433 e. The molecule has 0 fully saturated rings. The van der Waals surface area contributed by atoms with Gasteiger partial charge in [-0.3, -0.25) is 4.90 Å². The molecule has 0 aliphatic rings. The van der Waals surface area contributed by atoms with Crippen LogP contribution in [0.1, 0.15) is 118 Å². The van der Waals surface area contributed by atoms with E-state index in [9.17, 15) is 4.79 Å². The standard InChI is InChI=1S/C30H58N2O3/c1-5-9-10-11-12-13-14-15-16-17-18-19-20-21-22-23-24-29(6-2)35-30(33)34-28-27-32(8-4)26-25-31-7-3/h12-13,15-16,29,31H,5-11,14,17-28H2,1-4H3/b13-12-,16-15-. The van der Waals surface area contributed by atoms with Gasteiger partial charge in [0.1, 0.15) is 12.7 Å². The van der Waals surface area contributed by atoms with E-state index in [0.717, 1.165) is 58.4 Å². The molecule has 0 heterocycles. The third-order valence-electron chi connectivity index (χ3n) is 6.37. The molecule has 5 heteroatoms. The topological polar surface area (TPSA) is 50.8 Å². The summed E-state index contributed by atoms with van der Waals surface area (Å²) in [5.74, 6) is 0. The van der Waals surface area contributed by atoms with Crippen molar-refractivity contribution in [1.29, 1.82) is 0 Å². The van der Waals surface area contributed by atoms with Crippen molar-refractivity contribution in [1.82, 2.24) is 10.2 Å². The van der Waals surface area contributed by atoms with E-state index in [4.69, 9.17) is 9.47 Å². The lowest BCUT2D eigenvalue weighted by molar-refractivity contribution is 0.0145. The summed E-state index contributed by atoms with van der Waals surface area (Å²) in [7, 11) is 0. The quantitative estimate of drug-likeness (QED) is 0.0790. The molecule has 1 N–H and O–H groups in total. The number of unbranched alkanes of at least 4 members (excludes halogenated alkanes) is 9. The molecule has 0 bridgehead atoms. The molecule has 0 aromatic rings. The molecule has 0 aromatic heterocycles. The maximum absolute atomic E-state index is 12.0. The van der Waals surface area contributed by atoms with Gasteiger partial charge in [-0.2, -0.15) is 0 Å². The van der Waals surface area contributed by atoms with Gasteiger partial charge < -0.3 is 14.8 Å². The van der Waals surface area contributed by atoms with E-state index in [0.29, 0.717) is 6.61 Å². The molecule has 0 aliphatic carbocycles. The molecule has 0 saturated carbocycles. The molecule has 5 nitrogen and oxygen atoms in total. The van der Waals surface area contributed by atoms with Crippen molar-refractivity contribution in [3.05, 3.63) is 24.3 Å². The van der Waals surface area contributed by atoms with Gasteiger partial charge in [-0.1, -0.05) is 90.5 Å². The number of ether oxygens (including phenoxy) is 2. The maximum atomic E-state index is 12.0. The van der Waals surface area contributed by atoms with Gasteiger partial charge in [0.2, 0.25) is 0 Å². The van der Waals surface area contributed by atoms with Crippen LogP contribution in [0.5, 0.6) is 0 Å². The number of allylic oxidation sites excluding steroid dienone is 4. The molecule has 35 heavy (non-hydrogen) atoms. The van der Waals surface area contributed by atoms with Gasteiger partial charge in [0.15, 0.2) is 0 Å². The Bertz CT molecular complexity index is 508. The average Bonchev–Trinajstić information content (AvgIpc) is 2.86.